The van der Waals surface area contributed by atoms with Crippen LogP contribution in [0.1, 0.15) is 44.2 Å². The molecule has 0 heterocycles. The average molecular weight is 575 g/mol. The Morgan fingerprint density at radius 3 is 1.93 bits per heavy atom. The zero-order valence-electron chi connectivity index (χ0n) is 24.0. The summed E-state index contributed by atoms with van der Waals surface area (Å²) in [7, 11) is 0. The number of rotatable bonds is 16. The molecular weight excluding hydrogens is 536 g/mol. The van der Waals surface area contributed by atoms with Crippen molar-refractivity contribution in [3.8, 4) is 11.5 Å². The Bertz CT molecular complexity index is 1340. The predicted octanol–water partition coefficient (Wildman–Crippen LogP) is 4.01. The van der Waals surface area contributed by atoms with Crippen molar-refractivity contribution in [3.05, 3.63) is 90.0 Å². The fourth-order valence-electron chi connectivity index (χ4n) is 3.96. The Balaban J connectivity index is 1.35. The second kappa shape index (κ2) is 15.6. The summed E-state index contributed by atoms with van der Waals surface area (Å²) >= 11 is 0. The van der Waals surface area contributed by atoms with Crippen LogP contribution in [0.5, 0.6) is 11.5 Å². The van der Waals surface area contributed by atoms with Crippen LogP contribution in [-0.2, 0) is 32.0 Å². The molecule has 0 saturated carbocycles. The van der Waals surface area contributed by atoms with E-state index in [0.29, 0.717) is 24.9 Å². The molecule has 0 unspecified atom stereocenters. The van der Waals surface area contributed by atoms with Crippen molar-refractivity contribution in [2.24, 2.45) is 5.41 Å². The van der Waals surface area contributed by atoms with Gasteiger partial charge in [-0.3, -0.25) is 19.2 Å². The number of benzene rings is 3. The van der Waals surface area contributed by atoms with Crippen LogP contribution in [0.2, 0.25) is 0 Å². The molecule has 9 heteroatoms. The fourth-order valence-corrected chi connectivity index (χ4v) is 3.96. The van der Waals surface area contributed by atoms with E-state index in [9.17, 15) is 29.4 Å². The smallest absolute Gasteiger partial charge is 0.249 e. The quantitative estimate of drug-likeness (QED) is 0.189. The lowest BCUT2D eigenvalue weighted by Crippen LogP contribution is -2.46. The van der Waals surface area contributed by atoms with E-state index in [4.69, 9.17) is 4.74 Å². The fraction of sp³-hybridized carbons (Fsp3) is 0.333. The van der Waals surface area contributed by atoms with Crippen LogP contribution in [0, 0.1) is 5.41 Å². The van der Waals surface area contributed by atoms with Crippen LogP contribution in [0.3, 0.4) is 0 Å². The number of ketones is 2. The minimum absolute atomic E-state index is 0.0217. The first-order valence-corrected chi connectivity index (χ1v) is 13.9. The first-order valence-electron chi connectivity index (χ1n) is 13.9. The third-order valence-electron chi connectivity index (χ3n) is 6.78. The summed E-state index contributed by atoms with van der Waals surface area (Å²) in [6.07, 6.45) is -0.328. The van der Waals surface area contributed by atoms with Crippen molar-refractivity contribution in [2.75, 3.05) is 18.5 Å². The van der Waals surface area contributed by atoms with Crippen molar-refractivity contribution < 1.29 is 34.1 Å². The molecule has 0 aliphatic rings. The summed E-state index contributed by atoms with van der Waals surface area (Å²) in [5.74, 6) is -0.483. The number of Topliss-reactive ketones (excluding diaryl/α,β-unsaturated/α-hetero) is 2. The molecule has 0 aliphatic carbocycles. The van der Waals surface area contributed by atoms with E-state index < -0.39 is 29.0 Å². The number of carbonyl (C=O) groups excluding carboxylic acids is 4. The van der Waals surface area contributed by atoms with Gasteiger partial charge in [0.1, 0.15) is 17.6 Å². The van der Waals surface area contributed by atoms with Crippen molar-refractivity contribution in [1.29, 1.82) is 0 Å². The third kappa shape index (κ3) is 10.2. The maximum absolute atomic E-state index is 12.4. The van der Waals surface area contributed by atoms with Gasteiger partial charge in [-0.05, 0) is 60.4 Å². The van der Waals surface area contributed by atoms with E-state index in [2.05, 4.69) is 10.6 Å². The first kappa shape index (κ1) is 32.2. The lowest BCUT2D eigenvalue weighted by Gasteiger charge is -2.27. The summed E-state index contributed by atoms with van der Waals surface area (Å²) in [5.41, 5.74) is 1.48. The number of para-hydroxylation sites is 1. The topological polar surface area (TPSA) is 142 Å². The van der Waals surface area contributed by atoms with Gasteiger partial charge in [-0.1, -0.05) is 56.3 Å². The number of hydrogen-bond acceptors (Lipinski definition) is 7. The van der Waals surface area contributed by atoms with Crippen LogP contribution in [0.25, 0.3) is 0 Å². The van der Waals surface area contributed by atoms with Crippen LogP contribution in [0.15, 0.2) is 78.9 Å². The largest absolute Gasteiger partial charge is 0.457 e. The third-order valence-corrected chi connectivity index (χ3v) is 6.78. The Kier molecular flexibility index (Phi) is 12.0. The maximum Gasteiger partial charge on any atom is 0.249 e. The second-order valence-electron chi connectivity index (χ2n) is 10.7. The highest BCUT2D eigenvalue weighted by Crippen LogP contribution is 2.22. The molecule has 0 radical (unpaired) electrons. The minimum atomic E-state index is -1.43. The molecule has 0 bridgehead atoms. The molecule has 42 heavy (non-hydrogen) atoms. The van der Waals surface area contributed by atoms with Crippen LogP contribution < -0.4 is 15.4 Å². The number of anilines is 1. The normalized spacial score (nSPS) is 11.8. The maximum atomic E-state index is 12.4. The highest BCUT2D eigenvalue weighted by molar-refractivity contribution is 6.37. The zero-order valence-corrected chi connectivity index (χ0v) is 24.0. The van der Waals surface area contributed by atoms with Gasteiger partial charge >= 0.3 is 0 Å². The van der Waals surface area contributed by atoms with Gasteiger partial charge in [-0.25, -0.2) is 0 Å². The van der Waals surface area contributed by atoms with E-state index in [-0.39, 0.29) is 31.9 Å². The van der Waals surface area contributed by atoms with Gasteiger partial charge in [0.2, 0.25) is 11.8 Å². The molecule has 4 N–H and O–H groups in total. The lowest BCUT2D eigenvalue weighted by molar-refractivity contribution is -0.138. The predicted molar refractivity (Wildman–Crippen MR) is 159 cm³/mol. The van der Waals surface area contributed by atoms with Crippen molar-refractivity contribution in [1.82, 2.24) is 5.32 Å². The Hall–Kier alpha value is -4.34. The van der Waals surface area contributed by atoms with E-state index >= 15 is 0 Å². The average Bonchev–Trinajstić information content (AvgIpc) is 3.00. The van der Waals surface area contributed by atoms with Gasteiger partial charge in [0.15, 0.2) is 11.6 Å². The van der Waals surface area contributed by atoms with Gasteiger partial charge in [-0.15, -0.1) is 0 Å². The highest BCUT2D eigenvalue weighted by Gasteiger charge is 2.32. The number of amides is 2. The Labute approximate surface area is 245 Å². The molecule has 0 fully saturated rings. The van der Waals surface area contributed by atoms with Crippen LogP contribution >= 0.6 is 0 Å². The molecule has 3 rings (SSSR count). The standard InChI is InChI=1S/C33H38N2O7/c1-33(2,22-36)31(40)32(41)34-21-20-29(38)28(37)18-12-23-8-14-25(15-9-23)35-30(39)19-13-24-10-16-27(17-11-24)42-26-6-4-3-5-7-26/h3-11,14-17,31,36,40H,12-13,18-22H2,1-2H3,(H,34,41)(H,35,39)/t31-/m0/s1. The van der Waals surface area contributed by atoms with Gasteiger partial charge in [0.05, 0.1) is 6.61 Å². The highest BCUT2D eigenvalue weighted by atomic mass is 16.5. The second-order valence-corrected chi connectivity index (χ2v) is 10.7. The van der Waals surface area contributed by atoms with E-state index in [1.54, 1.807) is 24.3 Å². The van der Waals surface area contributed by atoms with Crippen LogP contribution in [-0.4, -0.2) is 52.8 Å². The molecular formula is C33H38N2O7. The molecule has 3 aromatic carbocycles. The van der Waals surface area contributed by atoms with Crippen molar-refractivity contribution in [3.63, 3.8) is 0 Å². The summed E-state index contributed by atoms with van der Waals surface area (Å²) in [4.78, 5) is 48.8. The van der Waals surface area contributed by atoms with Gasteiger partial charge in [0, 0.05) is 36.9 Å². The molecule has 222 valence electrons. The van der Waals surface area contributed by atoms with Crippen molar-refractivity contribution >= 4 is 29.1 Å². The summed E-state index contributed by atoms with van der Waals surface area (Å²) in [5, 5.41) is 24.5. The molecule has 0 saturated heterocycles. The van der Waals surface area contributed by atoms with E-state index in [1.165, 1.54) is 13.8 Å². The van der Waals surface area contributed by atoms with Crippen LogP contribution in [0.4, 0.5) is 5.69 Å². The molecule has 0 spiro atoms. The van der Waals surface area contributed by atoms with E-state index in [0.717, 1.165) is 22.6 Å². The zero-order chi connectivity index (χ0) is 30.5. The number of hydrogen-bond donors (Lipinski definition) is 4. The molecule has 9 nitrogen and oxygen atoms in total. The number of aliphatic hydroxyl groups is 2. The Morgan fingerprint density at radius 2 is 1.31 bits per heavy atom. The van der Waals surface area contributed by atoms with Gasteiger partial charge in [0.25, 0.3) is 0 Å². The molecule has 0 aromatic heterocycles. The Morgan fingerprint density at radius 1 is 0.762 bits per heavy atom. The lowest BCUT2D eigenvalue weighted by atomic mass is 9.87. The monoisotopic (exact) mass is 574 g/mol. The number of nitrogens with one attached hydrogen (secondary N) is 2. The number of carbonyl (C=O) groups is 4. The van der Waals surface area contributed by atoms with Gasteiger partial charge in [-0.2, -0.15) is 0 Å². The van der Waals surface area contributed by atoms with Crippen molar-refractivity contribution in [2.45, 2.75) is 52.1 Å². The van der Waals surface area contributed by atoms with Gasteiger partial charge < -0.3 is 25.6 Å². The van der Waals surface area contributed by atoms with E-state index in [1.807, 2.05) is 54.6 Å². The molecule has 1 atom stereocenters. The summed E-state index contributed by atoms with van der Waals surface area (Å²) in [6.45, 7) is 2.62. The summed E-state index contributed by atoms with van der Waals surface area (Å²) < 4.78 is 5.79. The molecule has 0 aliphatic heterocycles. The first-order chi connectivity index (χ1) is 20.1. The number of ether oxygens (including phenoxy) is 1. The molecule has 3 aromatic rings. The summed E-state index contributed by atoms with van der Waals surface area (Å²) in [6, 6.07) is 24.2. The number of aryl methyl sites for hydroxylation is 2. The molecule has 2 amide bonds. The number of aliphatic hydroxyl groups excluding tert-OH is 2. The minimum Gasteiger partial charge on any atom is -0.457 e. The SMILES string of the molecule is CC(C)(CO)[C@@H](O)C(=O)NCCC(=O)C(=O)CCc1ccc(NC(=O)CCc2ccc(Oc3ccccc3)cc2)cc1.